The number of ether oxygens (including phenoxy) is 4. The molecule has 0 aliphatic carbocycles. The van der Waals surface area contributed by atoms with Crippen LogP contribution in [-0.4, -0.2) is 43.7 Å². The number of fused-ring (bicyclic) bond motifs is 2. The minimum absolute atomic E-state index is 0.211. The van der Waals surface area contributed by atoms with Crippen LogP contribution in [0, 0.1) is 0 Å². The van der Waals surface area contributed by atoms with E-state index in [1.54, 1.807) is 22.7 Å². The first-order chi connectivity index (χ1) is 35.1. The second-order valence-electron chi connectivity index (χ2n) is 16.2. The number of esters is 4. The van der Waals surface area contributed by atoms with E-state index in [0.717, 1.165) is 105 Å². The van der Waals surface area contributed by atoms with E-state index >= 15 is 0 Å². The lowest BCUT2D eigenvalue weighted by Crippen LogP contribution is -2.10. The van der Waals surface area contributed by atoms with Crippen molar-refractivity contribution in [2.45, 2.75) is 19.3 Å². The second-order valence-corrected chi connectivity index (χ2v) is 18.2. The zero-order chi connectivity index (χ0) is 50.6. The lowest BCUT2D eigenvalue weighted by atomic mass is 10.1. The summed E-state index contributed by atoms with van der Waals surface area (Å²) in [7, 11) is 0. The maximum absolute atomic E-state index is 12.1. The van der Waals surface area contributed by atoms with Crippen molar-refractivity contribution in [1.29, 1.82) is 0 Å². The molecule has 0 N–H and O–H groups in total. The third-order valence-electron chi connectivity index (χ3n) is 11.6. The average Bonchev–Trinajstić information content (AvgIpc) is 3.98. The predicted molar refractivity (Wildman–Crippen MR) is 292 cm³/mol. The van der Waals surface area contributed by atoms with Crippen molar-refractivity contribution in [3.8, 4) is 9.75 Å². The number of carbonyl (C=O) groups is 4. The fraction of sp³-hybridized carbons (Fsp3) is 0.100. The van der Waals surface area contributed by atoms with Crippen LogP contribution in [0.3, 0.4) is 0 Å². The minimum atomic E-state index is -0.591. The van der Waals surface area contributed by atoms with Crippen LogP contribution in [0.15, 0.2) is 203 Å². The maximum Gasteiger partial charge on any atom is 0.335 e. The summed E-state index contributed by atoms with van der Waals surface area (Å²) in [5.41, 5.74) is 7.30. The van der Waals surface area contributed by atoms with Crippen LogP contribution in [0.1, 0.15) is 22.3 Å². The van der Waals surface area contributed by atoms with E-state index in [2.05, 4.69) is 152 Å². The molecule has 12 heteroatoms. The van der Waals surface area contributed by atoms with Gasteiger partial charge in [-0.3, -0.25) is 0 Å². The van der Waals surface area contributed by atoms with E-state index in [9.17, 15) is 19.2 Å². The van der Waals surface area contributed by atoms with Crippen LogP contribution < -0.4 is 9.80 Å². The van der Waals surface area contributed by atoms with Crippen LogP contribution in [0.5, 0.6) is 0 Å². The Morgan fingerprint density at radius 2 is 0.722 bits per heavy atom. The molecule has 0 fully saturated rings. The second kappa shape index (κ2) is 23.4. The Kier molecular flexibility index (Phi) is 16.2. The van der Waals surface area contributed by atoms with Crippen molar-refractivity contribution < 1.29 is 38.1 Å². The van der Waals surface area contributed by atoms with E-state index in [0.29, 0.717) is 24.8 Å². The van der Waals surface area contributed by atoms with Gasteiger partial charge in [-0.25, -0.2) is 19.2 Å². The smallest absolute Gasteiger partial charge is 0.335 e. The normalized spacial score (nSPS) is 10.8. The van der Waals surface area contributed by atoms with Gasteiger partial charge in [0.25, 0.3) is 0 Å². The van der Waals surface area contributed by atoms with E-state index in [4.69, 9.17) is 18.9 Å². The van der Waals surface area contributed by atoms with Gasteiger partial charge in [-0.1, -0.05) is 118 Å². The van der Waals surface area contributed by atoms with Gasteiger partial charge in [-0.2, -0.15) is 0 Å². The first-order valence-electron chi connectivity index (χ1n) is 23.0. The lowest BCUT2D eigenvalue weighted by Gasteiger charge is -2.25. The maximum atomic E-state index is 12.1. The Hall–Kier alpha value is -8.58. The molecule has 2 aromatic heterocycles. The van der Waals surface area contributed by atoms with Crippen LogP contribution in [0.2, 0.25) is 0 Å². The summed E-state index contributed by atoms with van der Waals surface area (Å²) in [6.45, 7) is 18.7. The molecule has 0 aliphatic heterocycles. The standard InChI is InChI=1S/C60H50N2O8S2/c1-6-53(63)67-37-34-41-18-26-45(27-19-41)61(46-28-20-42(21-29-46)35-38-68-54(64)7-2)59-51-16-12-10-14-49(51)57(71-59)58-50-15-11-13-17-52(50)60(72-58)62(47-30-22-43(23-31-47)36-39-69-55(65)8-3)48-32-24-44(25-33-48)40(5)70-56(66)9-4/h6-33H,1-5,34-39H2. The number of anilines is 6. The molecular formula is C60H50N2O8S2. The van der Waals surface area contributed by atoms with Crippen molar-refractivity contribution in [3.05, 3.63) is 225 Å². The van der Waals surface area contributed by atoms with Gasteiger partial charge in [0.15, 0.2) is 0 Å². The highest BCUT2D eigenvalue weighted by Gasteiger charge is 2.26. The molecule has 0 spiro atoms. The largest absolute Gasteiger partial charge is 0.462 e. The van der Waals surface area contributed by atoms with E-state index in [-0.39, 0.29) is 25.6 Å². The van der Waals surface area contributed by atoms with Gasteiger partial charge in [0, 0.05) is 93.4 Å². The van der Waals surface area contributed by atoms with Gasteiger partial charge >= 0.3 is 23.9 Å². The molecule has 0 radical (unpaired) electrons. The summed E-state index contributed by atoms with van der Waals surface area (Å²) in [4.78, 5) is 54.0. The topological polar surface area (TPSA) is 112 Å². The summed E-state index contributed by atoms with van der Waals surface area (Å²) in [6.07, 6.45) is 6.21. The third kappa shape index (κ3) is 11.5. The van der Waals surface area contributed by atoms with E-state index in [1.807, 2.05) is 36.4 Å². The quantitative estimate of drug-likeness (QED) is 0.0282. The fourth-order valence-corrected chi connectivity index (χ4v) is 10.8. The van der Waals surface area contributed by atoms with Crippen molar-refractivity contribution in [2.75, 3.05) is 29.6 Å². The van der Waals surface area contributed by atoms with Gasteiger partial charge < -0.3 is 28.7 Å². The Morgan fingerprint density at radius 3 is 1.04 bits per heavy atom. The molecule has 0 amide bonds. The molecule has 0 bridgehead atoms. The molecule has 0 aliphatic rings. The van der Waals surface area contributed by atoms with Gasteiger partial charge in [0.05, 0.1) is 29.6 Å². The van der Waals surface area contributed by atoms with Crippen molar-refractivity contribution in [3.63, 3.8) is 0 Å². The number of hydrogen-bond donors (Lipinski definition) is 0. The molecule has 6 aromatic carbocycles. The van der Waals surface area contributed by atoms with Crippen LogP contribution >= 0.6 is 22.7 Å². The first kappa shape index (κ1) is 49.8. The highest BCUT2D eigenvalue weighted by Crippen LogP contribution is 2.55. The molecule has 8 rings (SSSR count). The van der Waals surface area contributed by atoms with Gasteiger partial charge in [0.1, 0.15) is 15.8 Å². The van der Waals surface area contributed by atoms with Crippen LogP contribution in [0.4, 0.5) is 32.8 Å². The number of rotatable bonds is 22. The van der Waals surface area contributed by atoms with E-state index < -0.39 is 23.9 Å². The zero-order valence-electron chi connectivity index (χ0n) is 39.4. The molecular weight excluding hydrogens is 941 g/mol. The van der Waals surface area contributed by atoms with Gasteiger partial charge in [0.2, 0.25) is 0 Å². The zero-order valence-corrected chi connectivity index (χ0v) is 41.1. The van der Waals surface area contributed by atoms with E-state index in [1.165, 1.54) is 0 Å². The molecule has 0 saturated carbocycles. The Balaban J connectivity index is 1.24. The van der Waals surface area contributed by atoms with Gasteiger partial charge in [-0.05, 0) is 77.4 Å². The summed E-state index contributed by atoms with van der Waals surface area (Å²) >= 11 is 3.41. The number of benzene rings is 6. The summed E-state index contributed by atoms with van der Waals surface area (Å²) < 4.78 is 21.2. The monoisotopic (exact) mass is 990 g/mol. The van der Waals surface area contributed by atoms with Crippen molar-refractivity contribution in [2.24, 2.45) is 0 Å². The number of nitrogens with zero attached hydrogens (tertiary/aromatic N) is 2. The number of thiophene rings is 2. The molecule has 72 heavy (non-hydrogen) atoms. The summed E-state index contributed by atoms with van der Waals surface area (Å²) in [5.74, 6) is -1.76. The van der Waals surface area contributed by atoms with Crippen molar-refractivity contribution in [1.82, 2.24) is 0 Å². The number of hydrogen-bond acceptors (Lipinski definition) is 12. The Labute approximate surface area is 426 Å². The average molecular weight is 991 g/mol. The minimum Gasteiger partial charge on any atom is -0.462 e. The SMILES string of the molecule is C=CC(=O)OCCc1ccc(N(c2ccc(CCOC(=O)C=C)cc2)c2sc(-c3sc(N(c4ccc(CCOC(=O)C=C)cc4)c4ccc(C(=C)OC(=O)C=C)cc4)c4ccccc34)c3ccccc23)cc1. The lowest BCUT2D eigenvalue weighted by molar-refractivity contribution is -0.138. The molecule has 8 aromatic rings. The fourth-order valence-electron chi connectivity index (χ4n) is 8.02. The highest BCUT2D eigenvalue weighted by molar-refractivity contribution is 7.28. The Bertz CT molecular complexity index is 3250. The number of carbonyl (C=O) groups excluding carboxylic acids is 4. The molecule has 0 atom stereocenters. The third-order valence-corrected chi connectivity index (χ3v) is 14.2. The highest BCUT2D eigenvalue weighted by atomic mass is 32.1. The van der Waals surface area contributed by atoms with Crippen LogP contribution in [-0.2, 0) is 57.4 Å². The molecule has 0 unspecified atom stereocenters. The molecule has 2 heterocycles. The van der Waals surface area contributed by atoms with Gasteiger partial charge in [-0.15, -0.1) is 22.7 Å². The summed E-state index contributed by atoms with van der Waals surface area (Å²) in [5, 5.41) is 6.28. The predicted octanol–water partition coefficient (Wildman–Crippen LogP) is 14.2. The Morgan fingerprint density at radius 1 is 0.417 bits per heavy atom. The molecule has 0 saturated heterocycles. The van der Waals surface area contributed by atoms with Crippen LogP contribution in [0.25, 0.3) is 37.1 Å². The molecule has 360 valence electrons. The van der Waals surface area contributed by atoms with Crippen molar-refractivity contribution >= 4 is 107 Å². The summed E-state index contributed by atoms with van der Waals surface area (Å²) in [6, 6.07) is 49.3. The first-order valence-corrected chi connectivity index (χ1v) is 24.6. The molecule has 10 nitrogen and oxygen atoms in total.